The van der Waals surface area contributed by atoms with Gasteiger partial charge >= 0.3 is 0 Å². The average Bonchev–Trinajstić information content (AvgIpc) is 3.47. The van der Waals surface area contributed by atoms with Gasteiger partial charge < -0.3 is 15.0 Å². The molecule has 41 heavy (non-hydrogen) atoms. The second-order valence-electron chi connectivity index (χ2n) is 10.4. The summed E-state index contributed by atoms with van der Waals surface area (Å²) in [4.78, 5) is 28.3. The van der Waals surface area contributed by atoms with E-state index in [2.05, 4.69) is 5.32 Å². The van der Waals surface area contributed by atoms with Gasteiger partial charge in [-0.25, -0.2) is 8.42 Å². The summed E-state index contributed by atoms with van der Waals surface area (Å²) >= 11 is 6.04. The number of benzene rings is 3. The molecule has 1 saturated carbocycles. The zero-order valence-electron chi connectivity index (χ0n) is 23.3. The summed E-state index contributed by atoms with van der Waals surface area (Å²) in [6.07, 6.45) is 5.01. The molecule has 1 aliphatic rings. The van der Waals surface area contributed by atoms with E-state index in [9.17, 15) is 18.0 Å². The number of nitrogens with one attached hydrogen (secondary N) is 1. The van der Waals surface area contributed by atoms with Crippen molar-refractivity contribution >= 4 is 39.1 Å². The number of carbonyl (C=O) groups excluding carboxylic acids is 2. The van der Waals surface area contributed by atoms with Crippen molar-refractivity contribution in [3.63, 3.8) is 0 Å². The lowest BCUT2D eigenvalue weighted by Crippen LogP contribution is -2.52. The number of anilines is 1. The Morgan fingerprint density at radius 3 is 2.20 bits per heavy atom. The largest absolute Gasteiger partial charge is 0.489 e. The third-order valence-corrected chi connectivity index (χ3v) is 8.58. The summed E-state index contributed by atoms with van der Waals surface area (Å²) < 4.78 is 32.6. The highest BCUT2D eigenvalue weighted by Gasteiger charge is 2.31. The number of hydrogen-bond donors (Lipinski definition) is 1. The van der Waals surface area contributed by atoms with E-state index in [4.69, 9.17) is 16.3 Å². The van der Waals surface area contributed by atoms with E-state index in [0.29, 0.717) is 23.1 Å². The van der Waals surface area contributed by atoms with Gasteiger partial charge in [0.25, 0.3) is 0 Å². The van der Waals surface area contributed by atoms with E-state index in [-0.39, 0.29) is 18.5 Å². The highest BCUT2D eigenvalue weighted by atomic mass is 35.5. The van der Waals surface area contributed by atoms with E-state index in [0.717, 1.165) is 47.4 Å². The van der Waals surface area contributed by atoms with Crippen molar-refractivity contribution in [3.8, 4) is 5.75 Å². The van der Waals surface area contributed by atoms with Crippen LogP contribution in [0.3, 0.4) is 0 Å². The number of halogens is 1. The first kappa shape index (κ1) is 30.4. The third kappa shape index (κ3) is 8.71. The van der Waals surface area contributed by atoms with E-state index >= 15 is 0 Å². The molecule has 0 unspecified atom stereocenters. The van der Waals surface area contributed by atoms with Crippen LogP contribution >= 0.6 is 11.6 Å². The van der Waals surface area contributed by atoms with Gasteiger partial charge in [-0.1, -0.05) is 66.9 Å². The van der Waals surface area contributed by atoms with Crippen LogP contribution in [0.15, 0.2) is 78.9 Å². The zero-order valence-corrected chi connectivity index (χ0v) is 24.9. The third-order valence-electron chi connectivity index (χ3n) is 7.19. The highest BCUT2D eigenvalue weighted by molar-refractivity contribution is 7.92. The quantitative estimate of drug-likeness (QED) is 0.311. The van der Waals surface area contributed by atoms with E-state index in [1.165, 1.54) is 4.90 Å². The molecule has 10 heteroatoms. The molecule has 0 aliphatic heterocycles. The molecule has 2 amide bonds. The molecule has 0 heterocycles. The number of amides is 2. The molecule has 0 saturated heterocycles. The molecule has 218 valence electrons. The van der Waals surface area contributed by atoms with E-state index < -0.39 is 28.5 Å². The zero-order chi connectivity index (χ0) is 29.4. The Balaban J connectivity index is 1.51. The van der Waals surface area contributed by atoms with Crippen LogP contribution in [0.2, 0.25) is 5.02 Å². The number of rotatable bonds is 12. The lowest BCUT2D eigenvalue weighted by atomic mass is 10.1. The maximum atomic E-state index is 13.7. The summed E-state index contributed by atoms with van der Waals surface area (Å²) in [7, 11) is -3.83. The summed E-state index contributed by atoms with van der Waals surface area (Å²) in [6, 6.07) is 22.5. The number of carbonyl (C=O) groups is 2. The van der Waals surface area contributed by atoms with Crippen molar-refractivity contribution in [3.05, 3.63) is 95.0 Å². The number of sulfonamides is 1. The van der Waals surface area contributed by atoms with Crippen LogP contribution in [0, 0.1) is 0 Å². The Bertz CT molecular complexity index is 1410. The molecule has 1 atom stereocenters. The van der Waals surface area contributed by atoms with Crippen molar-refractivity contribution in [2.45, 2.75) is 57.8 Å². The minimum atomic E-state index is -3.83. The summed E-state index contributed by atoms with van der Waals surface area (Å²) in [5.41, 5.74) is 2.10. The average molecular weight is 598 g/mol. The van der Waals surface area contributed by atoms with Gasteiger partial charge in [0.2, 0.25) is 21.8 Å². The Hall–Kier alpha value is -3.56. The maximum absolute atomic E-state index is 13.7. The van der Waals surface area contributed by atoms with Gasteiger partial charge in [0, 0.05) is 17.6 Å². The van der Waals surface area contributed by atoms with Crippen molar-refractivity contribution in [2.24, 2.45) is 0 Å². The fourth-order valence-corrected chi connectivity index (χ4v) is 5.80. The van der Waals surface area contributed by atoms with Crippen LogP contribution < -0.4 is 14.4 Å². The van der Waals surface area contributed by atoms with Crippen LogP contribution in [-0.4, -0.2) is 50.0 Å². The molecule has 1 aliphatic carbocycles. The Labute approximate surface area is 247 Å². The Morgan fingerprint density at radius 1 is 0.951 bits per heavy atom. The Kier molecular flexibility index (Phi) is 10.3. The molecular weight excluding hydrogens is 562 g/mol. The molecule has 3 aromatic carbocycles. The normalized spacial score (nSPS) is 14.3. The highest BCUT2D eigenvalue weighted by Crippen LogP contribution is 2.24. The first-order valence-corrected chi connectivity index (χ1v) is 15.9. The molecule has 1 fully saturated rings. The lowest BCUT2D eigenvalue weighted by Gasteiger charge is -2.32. The predicted octanol–water partition coefficient (Wildman–Crippen LogP) is 5.16. The molecule has 0 bridgehead atoms. The van der Waals surface area contributed by atoms with Crippen LogP contribution in [-0.2, 0) is 32.8 Å². The van der Waals surface area contributed by atoms with Gasteiger partial charge in [-0.2, -0.15) is 0 Å². The molecule has 0 radical (unpaired) electrons. The Morgan fingerprint density at radius 2 is 1.59 bits per heavy atom. The molecule has 4 rings (SSSR count). The van der Waals surface area contributed by atoms with Crippen LogP contribution in [0.25, 0.3) is 0 Å². The van der Waals surface area contributed by atoms with Gasteiger partial charge in [0.05, 0.1) is 11.9 Å². The molecule has 1 N–H and O–H groups in total. The lowest BCUT2D eigenvalue weighted by molar-refractivity contribution is -0.139. The van der Waals surface area contributed by atoms with Gasteiger partial charge in [0.1, 0.15) is 24.9 Å². The van der Waals surface area contributed by atoms with Gasteiger partial charge in [0.15, 0.2) is 0 Å². The molecular formula is C31H36ClN3O5S. The summed E-state index contributed by atoms with van der Waals surface area (Å²) in [6.45, 7) is 1.70. The van der Waals surface area contributed by atoms with Crippen LogP contribution in [0.4, 0.5) is 5.69 Å². The minimum absolute atomic E-state index is 0.0903. The number of nitrogens with zero attached hydrogens (tertiary/aromatic N) is 2. The monoisotopic (exact) mass is 597 g/mol. The summed E-state index contributed by atoms with van der Waals surface area (Å²) in [5, 5.41) is 3.61. The second kappa shape index (κ2) is 13.9. The maximum Gasteiger partial charge on any atom is 0.244 e. The van der Waals surface area contributed by atoms with Crippen LogP contribution in [0.1, 0.15) is 43.7 Å². The van der Waals surface area contributed by atoms with Crippen molar-refractivity contribution in [1.82, 2.24) is 10.2 Å². The van der Waals surface area contributed by atoms with Crippen molar-refractivity contribution in [1.29, 1.82) is 0 Å². The fraction of sp³-hybridized carbons (Fsp3) is 0.355. The standard InChI is InChI=1S/C31H36ClN3O5S/c1-23(31(37)33-27-10-6-7-11-27)34(20-24-12-14-26(32)15-13-24)30(36)21-35(41(2,38)39)28-16-18-29(19-17-28)40-22-25-8-4-3-5-9-25/h3-5,8-9,12-19,23,27H,6-7,10-11,20-22H2,1-2H3,(H,33,37)/t23-/m0/s1. The second-order valence-corrected chi connectivity index (χ2v) is 12.7. The first-order chi connectivity index (χ1) is 19.6. The van der Waals surface area contributed by atoms with Gasteiger partial charge in [-0.15, -0.1) is 0 Å². The number of ether oxygens (including phenoxy) is 1. The van der Waals surface area contributed by atoms with Crippen molar-refractivity contribution < 1.29 is 22.7 Å². The molecule has 0 spiro atoms. The molecule has 3 aromatic rings. The smallest absolute Gasteiger partial charge is 0.244 e. The van der Waals surface area contributed by atoms with Crippen LogP contribution in [0.5, 0.6) is 5.75 Å². The van der Waals surface area contributed by atoms with Gasteiger partial charge in [-0.05, 0) is 67.3 Å². The molecule has 0 aromatic heterocycles. The molecule has 8 nitrogen and oxygen atoms in total. The minimum Gasteiger partial charge on any atom is -0.489 e. The summed E-state index contributed by atoms with van der Waals surface area (Å²) in [5.74, 6) is -0.187. The predicted molar refractivity (Wildman–Crippen MR) is 161 cm³/mol. The SMILES string of the molecule is C[C@@H](C(=O)NC1CCCC1)N(Cc1ccc(Cl)cc1)C(=O)CN(c1ccc(OCc2ccccc2)cc1)S(C)(=O)=O. The fourth-order valence-electron chi connectivity index (χ4n) is 4.82. The first-order valence-electron chi connectivity index (χ1n) is 13.7. The van der Waals surface area contributed by atoms with Gasteiger partial charge in [-0.3, -0.25) is 13.9 Å². The topological polar surface area (TPSA) is 96.0 Å². The van der Waals surface area contributed by atoms with Crippen molar-refractivity contribution in [2.75, 3.05) is 17.1 Å². The van der Waals surface area contributed by atoms with E-state index in [1.807, 2.05) is 30.3 Å². The van der Waals surface area contributed by atoms with E-state index in [1.54, 1.807) is 55.5 Å². The number of hydrogen-bond acceptors (Lipinski definition) is 5.